The molecule has 0 aliphatic carbocycles. The van der Waals surface area contributed by atoms with Crippen molar-refractivity contribution in [2.75, 3.05) is 5.32 Å². The highest BCUT2D eigenvalue weighted by molar-refractivity contribution is 5.90. The molecule has 0 saturated heterocycles. The summed E-state index contributed by atoms with van der Waals surface area (Å²) < 4.78 is 0. The molecule has 16 heavy (non-hydrogen) atoms. The number of rotatable bonds is 3. The van der Waals surface area contributed by atoms with Crippen molar-refractivity contribution in [1.82, 2.24) is 4.98 Å². The molecule has 1 aromatic rings. The standard InChI is InChI=1S/C11H13N3O2/c1-7-9(3-5-10(12)16)4-6-11(13-7)14-8(2)15/h3-6H,1-2H3,(H2,12,16)(H,13,14,15). The van der Waals surface area contributed by atoms with Gasteiger partial charge in [0.05, 0.1) is 0 Å². The lowest BCUT2D eigenvalue weighted by molar-refractivity contribution is -0.114. The summed E-state index contributed by atoms with van der Waals surface area (Å²) in [7, 11) is 0. The zero-order valence-electron chi connectivity index (χ0n) is 9.15. The maximum Gasteiger partial charge on any atom is 0.241 e. The van der Waals surface area contributed by atoms with Gasteiger partial charge in [0.2, 0.25) is 11.8 Å². The van der Waals surface area contributed by atoms with Gasteiger partial charge in [0, 0.05) is 18.7 Å². The van der Waals surface area contributed by atoms with Crippen LogP contribution in [0.15, 0.2) is 18.2 Å². The van der Waals surface area contributed by atoms with E-state index in [0.717, 1.165) is 5.56 Å². The highest BCUT2D eigenvalue weighted by Crippen LogP contribution is 2.11. The van der Waals surface area contributed by atoms with E-state index in [4.69, 9.17) is 5.73 Å². The summed E-state index contributed by atoms with van der Waals surface area (Å²) in [5.74, 6) is -0.195. The number of aryl methyl sites for hydroxylation is 1. The summed E-state index contributed by atoms with van der Waals surface area (Å²) >= 11 is 0. The van der Waals surface area contributed by atoms with Crippen LogP contribution in [0.25, 0.3) is 6.08 Å². The Morgan fingerprint density at radius 1 is 1.44 bits per heavy atom. The first-order valence-corrected chi connectivity index (χ1v) is 4.72. The van der Waals surface area contributed by atoms with E-state index >= 15 is 0 Å². The third kappa shape index (κ3) is 3.53. The molecule has 0 aliphatic heterocycles. The van der Waals surface area contributed by atoms with Crippen molar-refractivity contribution in [3.8, 4) is 0 Å². The molecule has 1 aromatic heterocycles. The van der Waals surface area contributed by atoms with Crippen LogP contribution in [0.2, 0.25) is 0 Å². The molecule has 0 aliphatic rings. The van der Waals surface area contributed by atoms with Crippen molar-refractivity contribution in [1.29, 1.82) is 0 Å². The lowest BCUT2D eigenvalue weighted by Gasteiger charge is -2.04. The summed E-state index contributed by atoms with van der Waals surface area (Å²) in [6.07, 6.45) is 2.85. The van der Waals surface area contributed by atoms with Gasteiger partial charge in [0.15, 0.2) is 0 Å². The van der Waals surface area contributed by atoms with Crippen LogP contribution in [0.1, 0.15) is 18.2 Å². The molecule has 5 nitrogen and oxygen atoms in total. The maximum atomic E-state index is 10.8. The lowest BCUT2D eigenvalue weighted by atomic mass is 10.2. The number of aromatic nitrogens is 1. The average molecular weight is 219 g/mol. The number of carbonyl (C=O) groups is 2. The predicted molar refractivity (Wildman–Crippen MR) is 61.5 cm³/mol. The molecule has 5 heteroatoms. The highest BCUT2D eigenvalue weighted by atomic mass is 16.1. The number of nitrogens with two attached hydrogens (primary N) is 1. The number of nitrogens with zero attached hydrogens (tertiary/aromatic N) is 1. The van der Waals surface area contributed by atoms with Crippen LogP contribution >= 0.6 is 0 Å². The van der Waals surface area contributed by atoms with E-state index in [9.17, 15) is 9.59 Å². The molecule has 1 heterocycles. The second-order valence-corrected chi connectivity index (χ2v) is 3.29. The van der Waals surface area contributed by atoms with Crippen LogP contribution in [-0.2, 0) is 9.59 Å². The van der Waals surface area contributed by atoms with Gasteiger partial charge in [-0.2, -0.15) is 0 Å². The minimum Gasteiger partial charge on any atom is -0.366 e. The van der Waals surface area contributed by atoms with Gasteiger partial charge >= 0.3 is 0 Å². The van der Waals surface area contributed by atoms with E-state index in [0.29, 0.717) is 11.5 Å². The number of pyridine rings is 1. The monoisotopic (exact) mass is 219 g/mol. The fourth-order valence-electron chi connectivity index (χ4n) is 1.17. The Morgan fingerprint density at radius 2 is 2.12 bits per heavy atom. The first kappa shape index (κ1) is 11.9. The van der Waals surface area contributed by atoms with Gasteiger partial charge in [-0.25, -0.2) is 4.98 Å². The van der Waals surface area contributed by atoms with Gasteiger partial charge in [0.1, 0.15) is 5.82 Å². The van der Waals surface area contributed by atoms with Crippen LogP contribution in [0.5, 0.6) is 0 Å². The van der Waals surface area contributed by atoms with E-state index in [1.54, 1.807) is 25.1 Å². The van der Waals surface area contributed by atoms with Crippen LogP contribution in [-0.4, -0.2) is 16.8 Å². The normalized spacial score (nSPS) is 10.4. The zero-order valence-corrected chi connectivity index (χ0v) is 9.15. The van der Waals surface area contributed by atoms with E-state index in [-0.39, 0.29) is 5.91 Å². The Kier molecular flexibility index (Phi) is 3.77. The molecule has 0 unspecified atom stereocenters. The van der Waals surface area contributed by atoms with E-state index in [1.165, 1.54) is 13.0 Å². The van der Waals surface area contributed by atoms with Crippen molar-refractivity contribution in [3.05, 3.63) is 29.5 Å². The number of hydrogen-bond acceptors (Lipinski definition) is 3. The summed E-state index contributed by atoms with van der Waals surface area (Å²) in [4.78, 5) is 25.5. The molecule has 1 rings (SSSR count). The molecule has 0 aromatic carbocycles. The van der Waals surface area contributed by atoms with E-state index in [2.05, 4.69) is 10.3 Å². The molecular weight excluding hydrogens is 206 g/mol. The van der Waals surface area contributed by atoms with E-state index < -0.39 is 5.91 Å². The highest BCUT2D eigenvalue weighted by Gasteiger charge is 2.00. The third-order valence-corrected chi connectivity index (χ3v) is 1.86. The predicted octanol–water partition coefficient (Wildman–Crippen LogP) is 0.847. The van der Waals surface area contributed by atoms with Gasteiger partial charge in [-0.3, -0.25) is 9.59 Å². The second-order valence-electron chi connectivity index (χ2n) is 3.29. The molecule has 0 spiro atoms. The van der Waals surface area contributed by atoms with Gasteiger partial charge in [-0.05, 0) is 30.7 Å². The van der Waals surface area contributed by atoms with Gasteiger partial charge in [-0.1, -0.05) is 0 Å². The number of amides is 2. The smallest absolute Gasteiger partial charge is 0.241 e. The largest absolute Gasteiger partial charge is 0.366 e. The van der Waals surface area contributed by atoms with Crippen molar-refractivity contribution in [2.24, 2.45) is 5.73 Å². The molecule has 0 saturated carbocycles. The van der Waals surface area contributed by atoms with E-state index in [1.807, 2.05) is 0 Å². The fraction of sp³-hybridized carbons (Fsp3) is 0.182. The molecule has 0 bridgehead atoms. The van der Waals surface area contributed by atoms with Crippen molar-refractivity contribution in [3.63, 3.8) is 0 Å². The number of nitrogens with one attached hydrogen (secondary N) is 1. The van der Waals surface area contributed by atoms with Crippen LogP contribution in [0, 0.1) is 6.92 Å². The molecular formula is C11H13N3O2. The lowest BCUT2D eigenvalue weighted by Crippen LogP contribution is -2.08. The van der Waals surface area contributed by atoms with Crippen LogP contribution < -0.4 is 11.1 Å². The number of primary amides is 1. The van der Waals surface area contributed by atoms with Crippen LogP contribution in [0.3, 0.4) is 0 Å². The Bertz CT molecular complexity index is 453. The fourth-order valence-corrected chi connectivity index (χ4v) is 1.17. The Balaban J connectivity index is 2.91. The minimum absolute atomic E-state index is 0.174. The maximum absolute atomic E-state index is 10.8. The summed E-state index contributed by atoms with van der Waals surface area (Å²) in [5.41, 5.74) is 6.48. The summed E-state index contributed by atoms with van der Waals surface area (Å²) in [5, 5.41) is 2.57. The molecule has 0 radical (unpaired) electrons. The number of anilines is 1. The SMILES string of the molecule is CC(=O)Nc1ccc(C=CC(N)=O)c(C)n1. The Hall–Kier alpha value is -2.17. The van der Waals surface area contributed by atoms with Crippen molar-refractivity contribution in [2.45, 2.75) is 13.8 Å². The molecule has 0 fully saturated rings. The minimum atomic E-state index is -0.509. The molecule has 2 amide bonds. The second kappa shape index (κ2) is 5.06. The Labute approximate surface area is 93.4 Å². The van der Waals surface area contributed by atoms with Gasteiger partial charge in [0.25, 0.3) is 0 Å². The third-order valence-electron chi connectivity index (χ3n) is 1.86. The number of hydrogen-bond donors (Lipinski definition) is 2. The van der Waals surface area contributed by atoms with Crippen molar-refractivity contribution >= 4 is 23.7 Å². The van der Waals surface area contributed by atoms with Crippen molar-refractivity contribution < 1.29 is 9.59 Å². The zero-order chi connectivity index (χ0) is 12.1. The Morgan fingerprint density at radius 3 is 2.62 bits per heavy atom. The first-order chi connectivity index (χ1) is 7.49. The quantitative estimate of drug-likeness (QED) is 0.739. The molecule has 0 atom stereocenters. The molecule has 84 valence electrons. The average Bonchev–Trinajstić information content (AvgIpc) is 2.15. The van der Waals surface area contributed by atoms with Gasteiger partial charge in [-0.15, -0.1) is 0 Å². The summed E-state index contributed by atoms with van der Waals surface area (Å²) in [6.45, 7) is 3.20. The number of carbonyl (C=O) groups excluding carboxylic acids is 2. The topological polar surface area (TPSA) is 85.1 Å². The van der Waals surface area contributed by atoms with Gasteiger partial charge < -0.3 is 11.1 Å². The summed E-state index contributed by atoms with van der Waals surface area (Å²) in [6, 6.07) is 3.42. The van der Waals surface area contributed by atoms with Crippen LogP contribution in [0.4, 0.5) is 5.82 Å². The molecule has 3 N–H and O–H groups in total. The first-order valence-electron chi connectivity index (χ1n) is 4.72.